The van der Waals surface area contributed by atoms with E-state index in [1.807, 2.05) is 30.0 Å². The van der Waals surface area contributed by atoms with Gasteiger partial charge in [0.25, 0.3) is 0 Å². The van der Waals surface area contributed by atoms with Crippen LogP contribution in [-0.4, -0.2) is 37.1 Å². The Kier molecular flexibility index (Phi) is 5.09. The van der Waals surface area contributed by atoms with E-state index in [-0.39, 0.29) is 6.03 Å². The first-order chi connectivity index (χ1) is 11.5. The summed E-state index contributed by atoms with van der Waals surface area (Å²) in [4.78, 5) is 16.6. The molecule has 0 aliphatic carbocycles. The molecule has 1 N–H and O–H groups in total. The second-order valence-corrected chi connectivity index (χ2v) is 7.06. The van der Waals surface area contributed by atoms with Gasteiger partial charge in [-0.1, -0.05) is 33.6 Å². The van der Waals surface area contributed by atoms with Crippen LogP contribution in [0.15, 0.2) is 46.9 Å². The number of nitrogens with one attached hydrogen (secondary N) is 1. The molecule has 0 radical (unpaired) electrons. The van der Waals surface area contributed by atoms with Crippen LogP contribution in [0.3, 0.4) is 0 Å². The number of hydrogen-bond donors (Lipinski definition) is 1. The van der Waals surface area contributed by atoms with Crippen LogP contribution < -0.4 is 10.2 Å². The van der Waals surface area contributed by atoms with Gasteiger partial charge in [-0.15, -0.1) is 0 Å². The second-order valence-electron chi connectivity index (χ2n) is 6.20. The first-order valence-corrected chi connectivity index (χ1v) is 8.96. The lowest BCUT2D eigenvalue weighted by atomic mass is 10.2. The Bertz CT molecular complexity index is 722. The molecule has 2 aromatic carbocycles. The normalized spacial score (nSPS) is 14.6. The van der Waals surface area contributed by atoms with Crippen molar-refractivity contribution in [3.05, 3.63) is 58.1 Å². The van der Waals surface area contributed by atoms with E-state index in [4.69, 9.17) is 0 Å². The minimum Gasteiger partial charge on any atom is -0.368 e. The van der Waals surface area contributed by atoms with Crippen molar-refractivity contribution in [1.82, 2.24) is 4.90 Å². The zero-order valence-corrected chi connectivity index (χ0v) is 15.6. The average Bonchev–Trinajstić information content (AvgIpc) is 2.59. The smallest absolute Gasteiger partial charge is 0.321 e. The minimum atomic E-state index is -0.0275. The first kappa shape index (κ1) is 16.8. The number of piperazine rings is 1. The van der Waals surface area contributed by atoms with E-state index in [9.17, 15) is 4.79 Å². The van der Waals surface area contributed by atoms with Gasteiger partial charge in [-0.3, -0.25) is 0 Å². The summed E-state index contributed by atoms with van der Waals surface area (Å²) in [6.07, 6.45) is 0. The summed E-state index contributed by atoms with van der Waals surface area (Å²) in [5.74, 6) is 0. The summed E-state index contributed by atoms with van der Waals surface area (Å²) in [5, 5.41) is 2.99. The van der Waals surface area contributed by atoms with Gasteiger partial charge >= 0.3 is 6.03 Å². The van der Waals surface area contributed by atoms with Crippen LogP contribution in [0.25, 0.3) is 0 Å². The minimum absolute atomic E-state index is 0.0275. The summed E-state index contributed by atoms with van der Waals surface area (Å²) in [7, 11) is 0. The number of nitrogens with zero attached hydrogens (tertiary/aromatic N) is 2. The molecule has 3 rings (SSSR count). The molecule has 1 saturated heterocycles. The van der Waals surface area contributed by atoms with Gasteiger partial charge < -0.3 is 15.1 Å². The lowest BCUT2D eigenvalue weighted by Gasteiger charge is -2.36. The Morgan fingerprint density at radius 3 is 2.29 bits per heavy atom. The van der Waals surface area contributed by atoms with Crippen LogP contribution in [0.1, 0.15) is 11.1 Å². The van der Waals surface area contributed by atoms with E-state index in [0.29, 0.717) is 0 Å². The van der Waals surface area contributed by atoms with Crippen molar-refractivity contribution in [3.63, 3.8) is 0 Å². The maximum Gasteiger partial charge on any atom is 0.321 e. The van der Waals surface area contributed by atoms with Crippen LogP contribution in [0.5, 0.6) is 0 Å². The highest BCUT2D eigenvalue weighted by atomic mass is 79.9. The number of rotatable bonds is 2. The SMILES string of the molecule is Cc1ccc(N2CCN(C(=O)Nc3ccc(Br)c(C)c3)CC2)cc1. The molecular weight excluding hydrogens is 366 g/mol. The molecule has 24 heavy (non-hydrogen) atoms. The number of benzene rings is 2. The summed E-state index contributed by atoms with van der Waals surface area (Å²) < 4.78 is 1.05. The standard InChI is InChI=1S/C19H22BrN3O/c1-14-3-6-17(7-4-14)22-9-11-23(12-10-22)19(24)21-16-5-8-18(20)15(2)13-16/h3-8,13H,9-12H2,1-2H3,(H,21,24). The number of anilines is 2. The number of urea groups is 1. The molecule has 0 unspecified atom stereocenters. The molecule has 1 aliphatic heterocycles. The quantitative estimate of drug-likeness (QED) is 0.827. The lowest BCUT2D eigenvalue weighted by molar-refractivity contribution is 0.208. The highest BCUT2D eigenvalue weighted by Crippen LogP contribution is 2.21. The van der Waals surface area contributed by atoms with Gasteiger partial charge in [0.1, 0.15) is 0 Å². The van der Waals surface area contributed by atoms with Gasteiger partial charge in [-0.2, -0.15) is 0 Å². The molecule has 0 aromatic heterocycles. The first-order valence-electron chi connectivity index (χ1n) is 8.16. The molecule has 0 atom stereocenters. The zero-order chi connectivity index (χ0) is 17.1. The molecule has 4 nitrogen and oxygen atoms in total. The second kappa shape index (κ2) is 7.26. The summed E-state index contributed by atoms with van der Waals surface area (Å²) in [6.45, 7) is 7.28. The van der Waals surface area contributed by atoms with E-state index in [0.717, 1.165) is 41.9 Å². The van der Waals surface area contributed by atoms with Crippen molar-refractivity contribution in [2.45, 2.75) is 13.8 Å². The Morgan fingerprint density at radius 1 is 1.00 bits per heavy atom. The van der Waals surface area contributed by atoms with Crippen molar-refractivity contribution in [3.8, 4) is 0 Å². The van der Waals surface area contributed by atoms with Gasteiger partial charge in [0.15, 0.2) is 0 Å². The highest BCUT2D eigenvalue weighted by molar-refractivity contribution is 9.10. The average molecular weight is 388 g/mol. The van der Waals surface area contributed by atoms with Crippen molar-refractivity contribution < 1.29 is 4.79 Å². The van der Waals surface area contributed by atoms with Crippen LogP contribution in [0.4, 0.5) is 16.2 Å². The molecule has 1 heterocycles. The predicted molar refractivity (Wildman–Crippen MR) is 103 cm³/mol. The predicted octanol–water partition coefficient (Wildman–Crippen LogP) is 4.42. The van der Waals surface area contributed by atoms with Crippen LogP contribution >= 0.6 is 15.9 Å². The number of halogens is 1. The molecule has 0 spiro atoms. The van der Waals surface area contributed by atoms with E-state index in [1.54, 1.807) is 0 Å². The van der Waals surface area contributed by atoms with Gasteiger partial charge in [-0.25, -0.2) is 4.79 Å². The fourth-order valence-electron chi connectivity index (χ4n) is 2.85. The number of carbonyl (C=O) groups is 1. The van der Waals surface area contributed by atoms with Crippen molar-refractivity contribution in [2.75, 3.05) is 36.4 Å². The maximum atomic E-state index is 12.4. The largest absolute Gasteiger partial charge is 0.368 e. The van der Waals surface area contributed by atoms with E-state index < -0.39 is 0 Å². The third-order valence-electron chi connectivity index (χ3n) is 4.38. The molecule has 1 fully saturated rings. The fourth-order valence-corrected chi connectivity index (χ4v) is 3.09. The molecule has 2 aromatic rings. The summed E-state index contributed by atoms with van der Waals surface area (Å²) in [6, 6.07) is 14.4. The van der Waals surface area contributed by atoms with E-state index in [2.05, 4.69) is 57.3 Å². The van der Waals surface area contributed by atoms with Crippen molar-refractivity contribution in [2.24, 2.45) is 0 Å². The molecule has 0 saturated carbocycles. The summed E-state index contributed by atoms with van der Waals surface area (Å²) in [5.41, 5.74) is 4.43. The molecule has 126 valence electrons. The van der Waals surface area contributed by atoms with Crippen LogP contribution in [0.2, 0.25) is 0 Å². The lowest BCUT2D eigenvalue weighted by Crippen LogP contribution is -2.50. The Morgan fingerprint density at radius 2 is 1.67 bits per heavy atom. The maximum absolute atomic E-state index is 12.4. The number of carbonyl (C=O) groups excluding carboxylic acids is 1. The number of hydrogen-bond acceptors (Lipinski definition) is 2. The zero-order valence-electron chi connectivity index (χ0n) is 14.1. The van der Waals surface area contributed by atoms with Crippen molar-refractivity contribution in [1.29, 1.82) is 0 Å². The van der Waals surface area contributed by atoms with Crippen LogP contribution in [-0.2, 0) is 0 Å². The van der Waals surface area contributed by atoms with Gasteiger partial charge in [0, 0.05) is 42.0 Å². The van der Waals surface area contributed by atoms with Gasteiger partial charge in [0.2, 0.25) is 0 Å². The molecule has 5 heteroatoms. The molecule has 2 amide bonds. The van der Waals surface area contributed by atoms with Crippen molar-refractivity contribution >= 4 is 33.3 Å². The molecule has 1 aliphatic rings. The summed E-state index contributed by atoms with van der Waals surface area (Å²) >= 11 is 3.48. The Hall–Kier alpha value is -2.01. The topological polar surface area (TPSA) is 35.6 Å². The monoisotopic (exact) mass is 387 g/mol. The van der Waals surface area contributed by atoms with Gasteiger partial charge in [0.05, 0.1) is 0 Å². The number of aryl methyl sites for hydroxylation is 2. The third-order valence-corrected chi connectivity index (χ3v) is 5.26. The Balaban J connectivity index is 1.56. The number of amides is 2. The Labute approximate surface area is 151 Å². The highest BCUT2D eigenvalue weighted by Gasteiger charge is 2.21. The van der Waals surface area contributed by atoms with Gasteiger partial charge in [-0.05, 0) is 49.7 Å². The van der Waals surface area contributed by atoms with E-state index in [1.165, 1.54) is 11.3 Å². The third kappa shape index (κ3) is 3.90. The van der Waals surface area contributed by atoms with Crippen LogP contribution in [0, 0.1) is 13.8 Å². The fraction of sp³-hybridized carbons (Fsp3) is 0.316. The molecule has 0 bridgehead atoms. The molecular formula is C19H22BrN3O. The van der Waals surface area contributed by atoms with E-state index >= 15 is 0 Å².